The van der Waals surface area contributed by atoms with Crippen LogP contribution in [0.5, 0.6) is 0 Å². The standard InChI is InChI=1S/C21H25ClN4O3/c1-14(27)26-11-16-10-25(7-6-21(16,12-26)13-29-2)20(28)19-9-18(23-24-19)15-4-3-5-17(22)8-15/h3-5,8-9,16H,6-7,10-13H2,1-2H3,(H,23,24)/t16-,21+/m1/s1. The summed E-state index contributed by atoms with van der Waals surface area (Å²) in [5, 5.41) is 7.78. The van der Waals surface area contributed by atoms with Crippen molar-refractivity contribution in [2.24, 2.45) is 11.3 Å². The number of benzene rings is 1. The van der Waals surface area contributed by atoms with Crippen molar-refractivity contribution in [1.29, 1.82) is 0 Å². The van der Waals surface area contributed by atoms with Gasteiger partial charge in [0.2, 0.25) is 5.91 Å². The number of nitrogens with one attached hydrogen (secondary N) is 1. The Morgan fingerprint density at radius 3 is 2.83 bits per heavy atom. The first-order chi connectivity index (χ1) is 13.9. The Morgan fingerprint density at radius 2 is 2.10 bits per heavy atom. The van der Waals surface area contributed by atoms with Gasteiger partial charge in [0.15, 0.2) is 0 Å². The van der Waals surface area contributed by atoms with Crippen molar-refractivity contribution in [2.45, 2.75) is 13.3 Å². The van der Waals surface area contributed by atoms with Gasteiger partial charge in [0.1, 0.15) is 5.69 Å². The summed E-state index contributed by atoms with van der Waals surface area (Å²) in [5.41, 5.74) is 1.93. The number of ether oxygens (including phenoxy) is 1. The average molecular weight is 417 g/mol. The van der Waals surface area contributed by atoms with E-state index in [4.69, 9.17) is 16.3 Å². The van der Waals surface area contributed by atoms with Gasteiger partial charge in [-0.1, -0.05) is 23.7 Å². The van der Waals surface area contributed by atoms with Gasteiger partial charge in [-0.05, 0) is 24.6 Å². The molecule has 1 aromatic carbocycles. The number of amides is 2. The summed E-state index contributed by atoms with van der Waals surface area (Å²) in [7, 11) is 1.70. The number of carbonyl (C=O) groups is 2. The van der Waals surface area contributed by atoms with Gasteiger partial charge in [-0.25, -0.2) is 0 Å². The van der Waals surface area contributed by atoms with Crippen molar-refractivity contribution < 1.29 is 14.3 Å². The molecular weight excluding hydrogens is 392 g/mol. The molecule has 0 aliphatic carbocycles. The van der Waals surface area contributed by atoms with Gasteiger partial charge in [0, 0.05) is 62.1 Å². The monoisotopic (exact) mass is 416 g/mol. The van der Waals surface area contributed by atoms with Crippen LogP contribution >= 0.6 is 11.6 Å². The summed E-state index contributed by atoms with van der Waals surface area (Å²) in [4.78, 5) is 28.7. The zero-order valence-electron chi connectivity index (χ0n) is 16.7. The van der Waals surface area contributed by atoms with Gasteiger partial charge in [-0.3, -0.25) is 14.7 Å². The fourth-order valence-corrected chi connectivity index (χ4v) is 4.82. The lowest BCUT2D eigenvalue weighted by Crippen LogP contribution is -2.51. The highest BCUT2D eigenvalue weighted by Crippen LogP contribution is 2.43. The average Bonchev–Trinajstić information content (AvgIpc) is 3.32. The second-order valence-electron chi connectivity index (χ2n) is 8.07. The number of halogens is 1. The zero-order chi connectivity index (χ0) is 20.6. The van der Waals surface area contributed by atoms with E-state index in [1.807, 2.05) is 28.0 Å². The molecule has 0 spiro atoms. The van der Waals surface area contributed by atoms with Crippen molar-refractivity contribution in [1.82, 2.24) is 20.0 Å². The third-order valence-electron chi connectivity index (χ3n) is 6.23. The van der Waals surface area contributed by atoms with E-state index in [1.54, 1.807) is 26.2 Å². The Morgan fingerprint density at radius 1 is 1.31 bits per heavy atom. The lowest BCUT2D eigenvalue weighted by Gasteiger charge is -2.42. The lowest BCUT2D eigenvalue weighted by molar-refractivity contribution is -0.128. The molecule has 0 unspecified atom stereocenters. The second kappa shape index (κ2) is 7.80. The smallest absolute Gasteiger partial charge is 0.271 e. The van der Waals surface area contributed by atoms with E-state index < -0.39 is 0 Å². The Labute approximate surface area is 175 Å². The molecule has 2 amide bonds. The van der Waals surface area contributed by atoms with E-state index in [0.717, 1.165) is 12.0 Å². The number of likely N-dealkylation sites (tertiary alicyclic amines) is 2. The number of aromatic nitrogens is 2. The SMILES string of the molecule is COC[C@@]12CCN(C(=O)c3cc(-c4cccc(Cl)c4)n[nH]3)C[C@@H]1CN(C(C)=O)C2. The molecule has 7 nitrogen and oxygen atoms in total. The second-order valence-corrected chi connectivity index (χ2v) is 8.51. The number of aromatic amines is 1. The first kappa shape index (κ1) is 19.9. The number of nitrogens with zero attached hydrogens (tertiary/aromatic N) is 3. The molecule has 0 radical (unpaired) electrons. The minimum atomic E-state index is -0.0723. The Balaban J connectivity index is 1.50. The first-order valence-electron chi connectivity index (χ1n) is 9.77. The molecule has 1 N–H and O–H groups in total. The number of fused-ring (bicyclic) bond motifs is 1. The van der Waals surface area contributed by atoms with E-state index in [2.05, 4.69) is 10.2 Å². The molecule has 3 heterocycles. The van der Waals surface area contributed by atoms with Crippen LogP contribution in [-0.4, -0.2) is 71.7 Å². The molecule has 2 atom stereocenters. The Kier molecular flexibility index (Phi) is 5.36. The Hall–Kier alpha value is -2.38. The fourth-order valence-electron chi connectivity index (χ4n) is 4.63. The van der Waals surface area contributed by atoms with Crippen LogP contribution in [-0.2, 0) is 9.53 Å². The third kappa shape index (κ3) is 3.76. The summed E-state index contributed by atoms with van der Waals surface area (Å²) < 4.78 is 5.49. The van der Waals surface area contributed by atoms with Gasteiger partial charge in [-0.15, -0.1) is 0 Å². The molecule has 29 heavy (non-hydrogen) atoms. The highest BCUT2D eigenvalue weighted by molar-refractivity contribution is 6.30. The van der Waals surface area contributed by atoms with Gasteiger partial charge in [-0.2, -0.15) is 5.10 Å². The number of methoxy groups -OCH3 is 1. The highest BCUT2D eigenvalue weighted by Gasteiger charge is 2.50. The van der Waals surface area contributed by atoms with Crippen LogP contribution in [0.1, 0.15) is 23.8 Å². The lowest BCUT2D eigenvalue weighted by atomic mass is 9.73. The molecule has 2 saturated heterocycles. The van der Waals surface area contributed by atoms with Crippen LogP contribution in [0.3, 0.4) is 0 Å². The van der Waals surface area contributed by atoms with Gasteiger partial charge in [0.05, 0.1) is 12.3 Å². The van der Waals surface area contributed by atoms with Crippen molar-refractivity contribution in [2.75, 3.05) is 39.9 Å². The molecule has 2 aliphatic heterocycles. The minimum absolute atomic E-state index is 0.0712. The summed E-state index contributed by atoms with van der Waals surface area (Å²) in [6.45, 7) is 4.81. The van der Waals surface area contributed by atoms with Crippen molar-refractivity contribution in [3.05, 3.63) is 41.0 Å². The number of piperidine rings is 1. The molecule has 154 valence electrons. The zero-order valence-corrected chi connectivity index (χ0v) is 17.4. The molecule has 2 aliphatic rings. The quantitative estimate of drug-likeness (QED) is 0.831. The summed E-state index contributed by atoms with van der Waals surface area (Å²) in [6, 6.07) is 9.15. The molecule has 1 aromatic heterocycles. The molecule has 4 rings (SSSR count). The number of H-pyrrole nitrogens is 1. The van der Waals surface area contributed by atoms with Crippen molar-refractivity contribution in [3.8, 4) is 11.3 Å². The van der Waals surface area contributed by atoms with E-state index in [1.165, 1.54) is 0 Å². The third-order valence-corrected chi connectivity index (χ3v) is 6.46. The van der Waals surface area contributed by atoms with Crippen molar-refractivity contribution >= 4 is 23.4 Å². The normalized spacial score (nSPS) is 23.9. The number of carbonyl (C=O) groups excluding carboxylic acids is 2. The summed E-state index contributed by atoms with van der Waals surface area (Å²) in [6.07, 6.45) is 0.816. The largest absolute Gasteiger partial charge is 0.384 e. The number of hydrogen-bond donors (Lipinski definition) is 1. The van der Waals surface area contributed by atoms with E-state index in [-0.39, 0.29) is 23.1 Å². The molecular formula is C21H25ClN4O3. The molecule has 2 aromatic rings. The van der Waals surface area contributed by atoms with Crippen LogP contribution in [0.4, 0.5) is 0 Å². The van der Waals surface area contributed by atoms with E-state index >= 15 is 0 Å². The van der Waals surface area contributed by atoms with Crippen LogP contribution in [0.15, 0.2) is 30.3 Å². The molecule has 8 heteroatoms. The Bertz CT molecular complexity index is 930. The molecule has 2 fully saturated rings. The summed E-state index contributed by atoms with van der Waals surface area (Å²) in [5.74, 6) is 0.213. The topological polar surface area (TPSA) is 78.5 Å². The minimum Gasteiger partial charge on any atom is -0.384 e. The molecule has 0 bridgehead atoms. The van der Waals surface area contributed by atoms with E-state index in [9.17, 15) is 9.59 Å². The maximum Gasteiger partial charge on any atom is 0.271 e. The summed E-state index contributed by atoms with van der Waals surface area (Å²) >= 11 is 6.06. The van der Waals surface area contributed by atoms with Crippen LogP contribution < -0.4 is 0 Å². The predicted molar refractivity (Wildman–Crippen MR) is 110 cm³/mol. The first-order valence-corrected chi connectivity index (χ1v) is 10.1. The number of hydrogen-bond acceptors (Lipinski definition) is 4. The van der Waals surface area contributed by atoms with Gasteiger partial charge < -0.3 is 14.5 Å². The number of rotatable bonds is 4. The predicted octanol–water partition coefficient (Wildman–Crippen LogP) is 2.69. The molecule has 0 saturated carbocycles. The van der Waals surface area contributed by atoms with Crippen LogP contribution in [0.25, 0.3) is 11.3 Å². The van der Waals surface area contributed by atoms with Crippen LogP contribution in [0, 0.1) is 11.3 Å². The van der Waals surface area contributed by atoms with Crippen LogP contribution in [0.2, 0.25) is 5.02 Å². The maximum atomic E-state index is 13.1. The van der Waals surface area contributed by atoms with E-state index in [0.29, 0.717) is 49.2 Å². The van der Waals surface area contributed by atoms with Gasteiger partial charge >= 0.3 is 0 Å². The highest BCUT2D eigenvalue weighted by atomic mass is 35.5. The maximum absolute atomic E-state index is 13.1. The fraction of sp³-hybridized carbons (Fsp3) is 0.476. The van der Waals surface area contributed by atoms with Crippen molar-refractivity contribution in [3.63, 3.8) is 0 Å². The van der Waals surface area contributed by atoms with Gasteiger partial charge in [0.25, 0.3) is 5.91 Å².